The Bertz CT molecular complexity index is 175. The normalized spacial score (nSPS) is 23.7. The highest BCUT2D eigenvalue weighted by Crippen LogP contribution is 2.19. The Morgan fingerprint density at radius 2 is 2.29 bits per heavy atom. The van der Waals surface area contributed by atoms with Crippen molar-refractivity contribution in [3.63, 3.8) is 0 Å². The van der Waals surface area contributed by atoms with E-state index in [-0.39, 0.29) is 0 Å². The molecule has 2 N–H and O–H groups in total. The Hall–Kier alpha value is -0.340. The van der Waals surface area contributed by atoms with Gasteiger partial charge in [0, 0.05) is 12.6 Å². The van der Waals surface area contributed by atoms with Gasteiger partial charge in [0.25, 0.3) is 0 Å². The van der Waals surface area contributed by atoms with Crippen LogP contribution in [-0.4, -0.2) is 30.6 Å². The van der Waals surface area contributed by atoms with Crippen LogP contribution in [0.4, 0.5) is 0 Å². The van der Waals surface area contributed by atoms with Crippen molar-refractivity contribution >= 4 is 0 Å². The highest BCUT2D eigenvalue weighted by Gasteiger charge is 2.20. The lowest BCUT2D eigenvalue weighted by atomic mass is 9.99. The summed E-state index contributed by atoms with van der Waals surface area (Å²) in [7, 11) is 0. The number of piperidine rings is 1. The van der Waals surface area contributed by atoms with Crippen molar-refractivity contribution in [3.05, 3.63) is 12.2 Å². The molecule has 0 aromatic heterocycles. The van der Waals surface area contributed by atoms with Gasteiger partial charge in [0.1, 0.15) is 0 Å². The fraction of sp³-hybridized carbons (Fsp3) is 0.833. The van der Waals surface area contributed by atoms with Crippen molar-refractivity contribution < 1.29 is 0 Å². The Morgan fingerprint density at radius 3 is 2.93 bits per heavy atom. The van der Waals surface area contributed by atoms with Crippen LogP contribution in [0.1, 0.15) is 39.0 Å². The van der Waals surface area contributed by atoms with Gasteiger partial charge in [0.15, 0.2) is 0 Å². The van der Waals surface area contributed by atoms with E-state index < -0.39 is 0 Å². The molecule has 1 aliphatic heterocycles. The van der Waals surface area contributed by atoms with Gasteiger partial charge in [-0.05, 0) is 45.7 Å². The second-order valence-electron chi connectivity index (χ2n) is 4.47. The second-order valence-corrected chi connectivity index (χ2v) is 4.47. The van der Waals surface area contributed by atoms with Crippen LogP contribution in [0.2, 0.25) is 0 Å². The van der Waals surface area contributed by atoms with E-state index in [4.69, 9.17) is 5.73 Å². The molecule has 0 aliphatic carbocycles. The van der Waals surface area contributed by atoms with E-state index in [2.05, 4.69) is 18.4 Å². The molecule has 1 aliphatic rings. The molecule has 0 bridgehead atoms. The third kappa shape index (κ3) is 3.81. The van der Waals surface area contributed by atoms with E-state index in [1.54, 1.807) is 0 Å². The average molecular weight is 196 g/mol. The fourth-order valence-electron chi connectivity index (χ4n) is 2.21. The van der Waals surface area contributed by atoms with Crippen LogP contribution in [0.15, 0.2) is 12.2 Å². The van der Waals surface area contributed by atoms with Crippen LogP contribution in [-0.2, 0) is 0 Å². The number of hydrogen-bond acceptors (Lipinski definition) is 2. The quantitative estimate of drug-likeness (QED) is 0.683. The van der Waals surface area contributed by atoms with Crippen molar-refractivity contribution in [1.82, 2.24) is 4.90 Å². The van der Waals surface area contributed by atoms with Crippen LogP contribution in [0.3, 0.4) is 0 Å². The molecule has 1 rings (SSSR count). The Balaban J connectivity index is 2.33. The highest BCUT2D eigenvalue weighted by molar-refractivity contribution is 4.90. The lowest BCUT2D eigenvalue weighted by Crippen LogP contribution is -2.41. The molecule has 82 valence electrons. The lowest BCUT2D eigenvalue weighted by molar-refractivity contribution is 0.144. The second kappa shape index (κ2) is 6.20. The average Bonchev–Trinajstić information content (AvgIpc) is 2.17. The summed E-state index contributed by atoms with van der Waals surface area (Å²) in [5.41, 5.74) is 6.93. The molecule has 1 heterocycles. The minimum atomic E-state index is 0.744. The minimum Gasteiger partial charge on any atom is -0.330 e. The van der Waals surface area contributed by atoms with Crippen molar-refractivity contribution in [3.8, 4) is 0 Å². The molecule has 1 saturated heterocycles. The number of likely N-dealkylation sites (tertiary alicyclic amines) is 1. The van der Waals surface area contributed by atoms with Gasteiger partial charge in [-0.15, -0.1) is 6.58 Å². The van der Waals surface area contributed by atoms with E-state index in [1.807, 2.05) is 0 Å². The topological polar surface area (TPSA) is 29.3 Å². The van der Waals surface area contributed by atoms with Crippen LogP contribution < -0.4 is 5.73 Å². The molecule has 0 amide bonds. The molecule has 1 unspecified atom stereocenters. The van der Waals surface area contributed by atoms with Gasteiger partial charge in [0.2, 0.25) is 0 Å². The van der Waals surface area contributed by atoms with E-state index >= 15 is 0 Å². The standard InChI is InChI=1S/C12H24N2/c1-11(2)7-10-14-9-4-3-5-12(14)6-8-13/h12H,1,3-10,13H2,2H3. The van der Waals surface area contributed by atoms with E-state index in [9.17, 15) is 0 Å². The summed E-state index contributed by atoms with van der Waals surface area (Å²) in [6.45, 7) is 9.34. The fourth-order valence-corrected chi connectivity index (χ4v) is 2.21. The van der Waals surface area contributed by atoms with Gasteiger partial charge in [0.05, 0.1) is 0 Å². The Labute approximate surface area is 88.2 Å². The maximum absolute atomic E-state index is 5.63. The molecule has 2 nitrogen and oxygen atoms in total. The summed E-state index contributed by atoms with van der Waals surface area (Å²) in [6.07, 6.45) is 6.39. The van der Waals surface area contributed by atoms with Gasteiger partial charge in [-0.3, -0.25) is 0 Å². The molecule has 0 aromatic carbocycles. The summed E-state index contributed by atoms with van der Waals surface area (Å²) in [4.78, 5) is 2.60. The summed E-state index contributed by atoms with van der Waals surface area (Å²) < 4.78 is 0. The summed E-state index contributed by atoms with van der Waals surface area (Å²) in [6, 6.07) is 0.744. The SMILES string of the molecule is C=C(C)CCN1CCCCC1CCN. The van der Waals surface area contributed by atoms with Crippen LogP contribution in [0.5, 0.6) is 0 Å². The maximum atomic E-state index is 5.63. The number of rotatable bonds is 5. The lowest BCUT2D eigenvalue weighted by Gasteiger charge is -2.35. The van der Waals surface area contributed by atoms with Crippen molar-refractivity contribution in [1.29, 1.82) is 0 Å². The highest BCUT2D eigenvalue weighted by atomic mass is 15.2. The first-order chi connectivity index (χ1) is 6.74. The summed E-state index contributed by atoms with van der Waals surface area (Å²) >= 11 is 0. The van der Waals surface area contributed by atoms with Crippen molar-refractivity contribution in [2.75, 3.05) is 19.6 Å². The van der Waals surface area contributed by atoms with Gasteiger partial charge in [-0.1, -0.05) is 12.0 Å². The zero-order valence-corrected chi connectivity index (χ0v) is 9.47. The predicted molar refractivity (Wildman–Crippen MR) is 62.3 cm³/mol. The molecule has 1 fully saturated rings. The Morgan fingerprint density at radius 1 is 1.50 bits per heavy atom. The molecule has 0 aromatic rings. The monoisotopic (exact) mass is 196 g/mol. The summed E-state index contributed by atoms with van der Waals surface area (Å²) in [5.74, 6) is 0. The molecule has 14 heavy (non-hydrogen) atoms. The van der Waals surface area contributed by atoms with Gasteiger partial charge in [-0.2, -0.15) is 0 Å². The number of nitrogens with two attached hydrogens (primary N) is 1. The zero-order chi connectivity index (χ0) is 10.4. The van der Waals surface area contributed by atoms with E-state index in [0.29, 0.717) is 0 Å². The van der Waals surface area contributed by atoms with Crippen molar-refractivity contribution in [2.45, 2.75) is 45.1 Å². The molecule has 0 spiro atoms. The number of hydrogen-bond donors (Lipinski definition) is 1. The van der Waals surface area contributed by atoms with Crippen LogP contribution >= 0.6 is 0 Å². The maximum Gasteiger partial charge on any atom is 0.0107 e. The van der Waals surface area contributed by atoms with Crippen LogP contribution in [0.25, 0.3) is 0 Å². The third-order valence-corrected chi connectivity index (χ3v) is 3.07. The van der Waals surface area contributed by atoms with Gasteiger partial charge >= 0.3 is 0 Å². The molecular weight excluding hydrogens is 172 g/mol. The van der Waals surface area contributed by atoms with Crippen molar-refractivity contribution in [2.24, 2.45) is 5.73 Å². The first kappa shape index (κ1) is 11.7. The van der Waals surface area contributed by atoms with Gasteiger partial charge < -0.3 is 10.6 Å². The third-order valence-electron chi connectivity index (χ3n) is 3.07. The molecule has 2 heteroatoms. The molecule has 1 atom stereocenters. The minimum absolute atomic E-state index is 0.744. The van der Waals surface area contributed by atoms with E-state index in [0.717, 1.165) is 25.4 Å². The van der Waals surface area contributed by atoms with Crippen LogP contribution in [0, 0.1) is 0 Å². The van der Waals surface area contributed by atoms with Gasteiger partial charge in [-0.25, -0.2) is 0 Å². The Kier molecular flexibility index (Phi) is 5.20. The summed E-state index contributed by atoms with van der Waals surface area (Å²) in [5, 5.41) is 0. The zero-order valence-electron chi connectivity index (χ0n) is 9.47. The van der Waals surface area contributed by atoms with E-state index in [1.165, 1.54) is 37.9 Å². The smallest absolute Gasteiger partial charge is 0.0107 e. The first-order valence-electron chi connectivity index (χ1n) is 5.82. The molecule has 0 saturated carbocycles. The molecule has 0 radical (unpaired) electrons. The molecular formula is C12H24N2. The predicted octanol–water partition coefficient (Wildman–Crippen LogP) is 2.16. The first-order valence-corrected chi connectivity index (χ1v) is 5.82. The largest absolute Gasteiger partial charge is 0.330 e. The number of nitrogens with zero attached hydrogens (tertiary/aromatic N) is 1.